The Labute approximate surface area is 104 Å². The van der Waals surface area contributed by atoms with Crippen LogP contribution in [-0.4, -0.2) is 58.4 Å². The highest BCUT2D eigenvalue weighted by Crippen LogP contribution is 2.25. The quantitative estimate of drug-likeness (QED) is 0.628. The molecule has 2 amide bonds. The number of carboxylic acids is 1. The maximum Gasteiger partial charge on any atom is 0.321 e. The Bertz CT molecular complexity index is 334. The van der Waals surface area contributed by atoms with Gasteiger partial charge in [-0.1, -0.05) is 0 Å². The van der Waals surface area contributed by atoms with E-state index in [-0.39, 0.29) is 24.0 Å². The molecule has 7 heteroatoms. The van der Waals surface area contributed by atoms with Crippen LogP contribution in [-0.2, 0) is 14.4 Å². The summed E-state index contributed by atoms with van der Waals surface area (Å²) in [5.41, 5.74) is 0. The normalized spacial score (nSPS) is 22.0. The van der Waals surface area contributed by atoms with Gasteiger partial charge in [-0.05, 0) is 14.0 Å². The van der Waals surface area contributed by atoms with Crippen LogP contribution in [0.3, 0.4) is 0 Å². The molecule has 1 heterocycles. The lowest BCUT2D eigenvalue weighted by Crippen LogP contribution is -2.37. The van der Waals surface area contributed by atoms with Crippen LogP contribution in [0.15, 0.2) is 0 Å². The number of likely N-dealkylation sites (tertiary alicyclic amines) is 1. The van der Waals surface area contributed by atoms with E-state index in [4.69, 9.17) is 5.11 Å². The molecule has 17 heavy (non-hydrogen) atoms. The Morgan fingerprint density at radius 2 is 2.29 bits per heavy atom. The molecule has 0 aromatic heterocycles. The molecule has 96 valence electrons. The van der Waals surface area contributed by atoms with E-state index in [2.05, 4.69) is 5.32 Å². The minimum Gasteiger partial charge on any atom is -0.480 e. The lowest BCUT2D eigenvalue weighted by Gasteiger charge is -2.14. The van der Waals surface area contributed by atoms with Crippen molar-refractivity contribution >= 4 is 29.5 Å². The summed E-state index contributed by atoms with van der Waals surface area (Å²) in [5.74, 6) is -1.06. The van der Waals surface area contributed by atoms with E-state index < -0.39 is 17.3 Å². The summed E-state index contributed by atoms with van der Waals surface area (Å²) in [7, 11) is 1.55. The second-order valence-corrected chi connectivity index (χ2v) is 4.92. The molecule has 6 nitrogen and oxygen atoms in total. The smallest absolute Gasteiger partial charge is 0.321 e. The second-order valence-electron chi connectivity index (χ2n) is 3.68. The van der Waals surface area contributed by atoms with E-state index in [0.29, 0.717) is 6.54 Å². The van der Waals surface area contributed by atoms with Crippen molar-refractivity contribution in [3.05, 3.63) is 0 Å². The molecule has 0 bridgehead atoms. The highest BCUT2D eigenvalue weighted by molar-refractivity contribution is 8.00. The Morgan fingerprint density at radius 3 is 2.71 bits per heavy atom. The fourth-order valence-corrected chi connectivity index (χ4v) is 2.87. The number of rotatable bonds is 6. The number of aliphatic carboxylic acids is 1. The molecule has 1 aliphatic rings. The van der Waals surface area contributed by atoms with E-state index in [1.54, 1.807) is 14.0 Å². The number of nitrogens with one attached hydrogen (secondary N) is 1. The van der Waals surface area contributed by atoms with Gasteiger partial charge in [0.25, 0.3) is 0 Å². The van der Waals surface area contributed by atoms with Gasteiger partial charge in [-0.15, -0.1) is 11.8 Å². The summed E-state index contributed by atoms with van der Waals surface area (Å²) in [6.45, 7) is 2.12. The minimum absolute atomic E-state index is 0.174. The largest absolute Gasteiger partial charge is 0.480 e. The molecule has 0 radical (unpaired) electrons. The number of carbonyl (C=O) groups is 3. The van der Waals surface area contributed by atoms with Gasteiger partial charge < -0.3 is 10.4 Å². The zero-order valence-corrected chi connectivity index (χ0v) is 10.6. The fourth-order valence-electron chi connectivity index (χ4n) is 1.61. The monoisotopic (exact) mass is 260 g/mol. The zero-order chi connectivity index (χ0) is 13.0. The van der Waals surface area contributed by atoms with Crippen molar-refractivity contribution in [3.8, 4) is 0 Å². The number of nitrogens with zero attached hydrogens (tertiary/aromatic N) is 1. The maximum absolute atomic E-state index is 11.7. The highest BCUT2D eigenvalue weighted by atomic mass is 32.2. The first-order valence-electron chi connectivity index (χ1n) is 5.37. The van der Waals surface area contributed by atoms with Gasteiger partial charge in [0.15, 0.2) is 0 Å². The van der Waals surface area contributed by atoms with Crippen LogP contribution < -0.4 is 5.32 Å². The van der Waals surface area contributed by atoms with Crippen molar-refractivity contribution in [1.82, 2.24) is 10.2 Å². The minimum atomic E-state index is -0.955. The van der Waals surface area contributed by atoms with Gasteiger partial charge >= 0.3 is 5.97 Å². The fraction of sp³-hybridized carbons (Fsp3) is 0.700. The summed E-state index contributed by atoms with van der Waals surface area (Å²) in [4.78, 5) is 35.1. The van der Waals surface area contributed by atoms with E-state index >= 15 is 0 Å². The van der Waals surface area contributed by atoms with Gasteiger partial charge in [0.05, 0.1) is 5.25 Å². The third kappa shape index (κ3) is 3.19. The molecule has 2 atom stereocenters. The summed E-state index contributed by atoms with van der Waals surface area (Å²) < 4.78 is 0. The Balaban J connectivity index is 2.51. The molecule has 0 aromatic carbocycles. The van der Waals surface area contributed by atoms with Crippen LogP contribution >= 0.6 is 11.8 Å². The predicted octanol–water partition coefficient (Wildman–Crippen LogP) is -0.460. The Kier molecular flexibility index (Phi) is 4.95. The molecular formula is C10H16N2O4S. The van der Waals surface area contributed by atoms with E-state index in [1.807, 2.05) is 0 Å². The van der Waals surface area contributed by atoms with Crippen molar-refractivity contribution in [2.45, 2.75) is 24.6 Å². The highest BCUT2D eigenvalue weighted by Gasteiger charge is 2.38. The van der Waals surface area contributed by atoms with Gasteiger partial charge in [-0.3, -0.25) is 19.3 Å². The first-order valence-corrected chi connectivity index (χ1v) is 6.42. The lowest BCUT2D eigenvalue weighted by molar-refractivity contribution is -0.139. The maximum atomic E-state index is 11.7. The van der Waals surface area contributed by atoms with Crippen LogP contribution in [0.1, 0.15) is 13.3 Å². The lowest BCUT2D eigenvalue weighted by atomic mass is 10.3. The van der Waals surface area contributed by atoms with Gasteiger partial charge in [-0.25, -0.2) is 0 Å². The van der Waals surface area contributed by atoms with Crippen molar-refractivity contribution in [3.63, 3.8) is 0 Å². The number of likely N-dealkylation sites (N-methyl/N-ethyl adjacent to an activating group) is 1. The molecule has 0 aliphatic carbocycles. The van der Waals surface area contributed by atoms with Crippen LogP contribution in [0.4, 0.5) is 0 Å². The van der Waals surface area contributed by atoms with Gasteiger partial charge in [0, 0.05) is 18.7 Å². The first-order chi connectivity index (χ1) is 8.01. The molecule has 0 aromatic rings. The molecule has 1 saturated heterocycles. The molecule has 1 rings (SSSR count). The first kappa shape index (κ1) is 14.0. The van der Waals surface area contributed by atoms with Crippen molar-refractivity contribution in [2.24, 2.45) is 0 Å². The molecule has 0 saturated carbocycles. The van der Waals surface area contributed by atoms with Crippen LogP contribution in [0, 0.1) is 0 Å². The number of imide groups is 1. The number of hydrogen-bond donors (Lipinski definition) is 2. The SMILES string of the molecule is CCN1C(=O)CC(SCC(NC)C(=O)O)C1=O. The van der Waals surface area contributed by atoms with Gasteiger partial charge in [0.2, 0.25) is 11.8 Å². The van der Waals surface area contributed by atoms with E-state index in [0.717, 1.165) is 0 Å². The number of carbonyl (C=O) groups excluding carboxylic acids is 2. The van der Waals surface area contributed by atoms with Crippen molar-refractivity contribution < 1.29 is 19.5 Å². The Hall–Kier alpha value is -1.08. The Morgan fingerprint density at radius 1 is 1.65 bits per heavy atom. The average Bonchev–Trinajstić information content (AvgIpc) is 2.54. The second kappa shape index (κ2) is 6.02. The van der Waals surface area contributed by atoms with Crippen LogP contribution in [0.2, 0.25) is 0 Å². The number of carboxylic acid groups (broad SMARTS) is 1. The molecule has 2 unspecified atom stereocenters. The topological polar surface area (TPSA) is 86.7 Å². The van der Waals surface area contributed by atoms with Gasteiger partial charge in [-0.2, -0.15) is 0 Å². The number of thioether (sulfide) groups is 1. The molecular weight excluding hydrogens is 244 g/mol. The average molecular weight is 260 g/mol. The number of amides is 2. The van der Waals surface area contributed by atoms with Crippen LogP contribution in [0.5, 0.6) is 0 Å². The third-order valence-electron chi connectivity index (χ3n) is 2.63. The zero-order valence-electron chi connectivity index (χ0n) is 9.80. The standard InChI is InChI=1S/C10H16N2O4S/c1-3-12-8(13)4-7(9(12)14)17-5-6(11-2)10(15)16/h6-7,11H,3-5H2,1-2H3,(H,15,16). The summed E-state index contributed by atoms with van der Waals surface area (Å²) in [6.07, 6.45) is 0.174. The third-order valence-corrected chi connectivity index (χ3v) is 3.93. The van der Waals surface area contributed by atoms with Crippen molar-refractivity contribution in [2.75, 3.05) is 19.3 Å². The van der Waals surface area contributed by atoms with Gasteiger partial charge in [0.1, 0.15) is 6.04 Å². The van der Waals surface area contributed by atoms with Crippen molar-refractivity contribution in [1.29, 1.82) is 0 Å². The summed E-state index contributed by atoms with van der Waals surface area (Å²) >= 11 is 1.22. The van der Waals surface area contributed by atoms with E-state index in [1.165, 1.54) is 16.7 Å². The summed E-state index contributed by atoms with van der Waals surface area (Å²) in [6, 6.07) is -0.696. The predicted molar refractivity (Wildman–Crippen MR) is 63.7 cm³/mol. The molecule has 2 N–H and O–H groups in total. The molecule has 1 aliphatic heterocycles. The van der Waals surface area contributed by atoms with Crippen LogP contribution in [0.25, 0.3) is 0 Å². The molecule has 0 spiro atoms. The molecule has 1 fully saturated rings. The summed E-state index contributed by atoms with van der Waals surface area (Å²) in [5, 5.41) is 11.0. The number of hydrogen-bond acceptors (Lipinski definition) is 5. The van der Waals surface area contributed by atoms with E-state index in [9.17, 15) is 14.4 Å².